The van der Waals surface area contributed by atoms with Crippen LogP contribution < -0.4 is 5.73 Å². The van der Waals surface area contributed by atoms with Crippen LogP contribution in [-0.2, 0) is 4.79 Å². The zero-order chi connectivity index (χ0) is 12.0. The number of anilines is 1. The summed E-state index contributed by atoms with van der Waals surface area (Å²) in [5.41, 5.74) is 10.4. The van der Waals surface area contributed by atoms with E-state index < -0.39 is 5.97 Å². The van der Waals surface area contributed by atoms with Gasteiger partial charge in [0.2, 0.25) is 0 Å². The van der Waals surface area contributed by atoms with Gasteiger partial charge in [0.25, 0.3) is 0 Å². The van der Waals surface area contributed by atoms with Crippen LogP contribution in [0, 0.1) is 20.8 Å². The molecule has 3 heteroatoms. The molecule has 0 aliphatic rings. The van der Waals surface area contributed by atoms with Gasteiger partial charge in [-0.3, -0.25) is 0 Å². The molecule has 82 valence electrons. The van der Waals surface area contributed by atoms with Gasteiger partial charge < -0.3 is 10.8 Å². The first-order chi connectivity index (χ1) is 6.90. The molecule has 0 unspecified atom stereocenters. The molecule has 0 aliphatic carbocycles. The molecule has 0 amide bonds. The number of hydrogen-bond acceptors (Lipinski definition) is 2. The number of aliphatic carboxylic acids is 1. The minimum Gasteiger partial charge on any atom is -0.478 e. The van der Waals surface area contributed by atoms with Crippen LogP contribution in [0.2, 0.25) is 0 Å². The van der Waals surface area contributed by atoms with Crippen molar-refractivity contribution in [1.29, 1.82) is 0 Å². The van der Waals surface area contributed by atoms with Crippen LogP contribution in [0.25, 0.3) is 0 Å². The normalized spacial score (nSPS) is 8.73. The molecule has 0 aliphatic heterocycles. The SMILES string of the molecule is C=CC(=O)O.Cc1ccc(N)c(C)c1C. The van der Waals surface area contributed by atoms with E-state index in [1.165, 1.54) is 16.7 Å². The van der Waals surface area contributed by atoms with Crippen molar-refractivity contribution in [3.8, 4) is 0 Å². The van der Waals surface area contributed by atoms with Gasteiger partial charge in [0.15, 0.2) is 0 Å². The second-order valence-corrected chi connectivity index (χ2v) is 3.26. The average Bonchev–Trinajstić information content (AvgIpc) is 2.21. The first-order valence-electron chi connectivity index (χ1n) is 4.57. The van der Waals surface area contributed by atoms with Crippen molar-refractivity contribution in [2.75, 3.05) is 5.73 Å². The fourth-order valence-corrected chi connectivity index (χ4v) is 0.977. The summed E-state index contributed by atoms with van der Waals surface area (Å²) in [6, 6.07) is 4.01. The van der Waals surface area contributed by atoms with Crippen molar-refractivity contribution < 1.29 is 9.90 Å². The van der Waals surface area contributed by atoms with E-state index in [4.69, 9.17) is 10.8 Å². The topological polar surface area (TPSA) is 63.3 Å². The number of nitrogen functional groups attached to an aromatic ring is 1. The fraction of sp³-hybridized carbons (Fsp3) is 0.250. The van der Waals surface area contributed by atoms with Crippen LogP contribution in [-0.4, -0.2) is 11.1 Å². The molecular weight excluding hydrogens is 190 g/mol. The van der Waals surface area contributed by atoms with E-state index in [9.17, 15) is 4.79 Å². The van der Waals surface area contributed by atoms with Crippen LogP contribution in [0.5, 0.6) is 0 Å². The van der Waals surface area contributed by atoms with Crippen LogP contribution in [0.15, 0.2) is 24.8 Å². The Bertz CT molecular complexity index is 343. The minimum atomic E-state index is -0.981. The maximum absolute atomic E-state index is 9.25. The molecule has 1 aromatic rings. The predicted molar refractivity (Wildman–Crippen MR) is 62.9 cm³/mol. The molecule has 0 saturated heterocycles. The van der Waals surface area contributed by atoms with E-state index in [1.807, 2.05) is 6.07 Å². The lowest BCUT2D eigenvalue weighted by Gasteiger charge is -2.05. The van der Waals surface area contributed by atoms with Gasteiger partial charge in [0.1, 0.15) is 0 Å². The highest BCUT2D eigenvalue weighted by Crippen LogP contribution is 2.17. The number of benzene rings is 1. The van der Waals surface area contributed by atoms with Gasteiger partial charge in [0.05, 0.1) is 0 Å². The Kier molecular flexibility index (Phi) is 5.16. The van der Waals surface area contributed by atoms with Gasteiger partial charge in [0, 0.05) is 11.8 Å². The highest BCUT2D eigenvalue weighted by molar-refractivity contribution is 5.78. The van der Waals surface area contributed by atoms with Gasteiger partial charge in [-0.25, -0.2) is 4.79 Å². The first-order valence-corrected chi connectivity index (χ1v) is 4.57. The maximum Gasteiger partial charge on any atom is 0.327 e. The van der Waals surface area contributed by atoms with Crippen molar-refractivity contribution in [2.45, 2.75) is 20.8 Å². The summed E-state index contributed by atoms with van der Waals surface area (Å²) in [6.45, 7) is 9.21. The summed E-state index contributed by atoms with van der Waals surface area (Å²) in [5, 5.41) is 7.60. The van der Waals surface area contributed by atoms with E-state index in [0.717, 1.165) is 11.8 Å². The quantitative estimate of drug-likeness (QED) is 0.549. The molecule has 1 rings (SSSR count). The molecule has 0 saturated carbocycles. The van der Waals surface area contributed by atoms with Gasteiger partial charge in [-0.1, -0.05) is 12.6 Å². The highest BCUT2D eigenvalue weighted by atomic mass is 16.4. The summed E-state index contributed by atoms with van der Waals surface area (Å²) >= 11 is 0. The highest BCUT2D eigenvalue weighted by Gasteiger charge is 1.98. The third-order valence-electron chi connectivity index (χ3n) is 2.27. The minimum absolute atomic E-state index is 0.833. The van der Waals surface area contributed by atoms with Gasteiger partial charge >= 0.3 is 5.97 Å². The molecule has 0 radical (unpaired) electrons. The molecule has 0 aromatic heterocycles. The second-order valence-electron chi connectivity index (χ2n) is 3.26. The van der Waals surface area contributed by atoms with Crippen LogP contribution in [0.4, 0.5) is 5.69 Å². The number of carboxylic acid groups (broad SMARTS) is 1. The lowest BCUT2D eigenvalue weighted by molar-refractivity contribution is -0.131. The van der Waals surface area contributed by atoms with E-state index in [0.29, 0.717) is 0 Å². The van der Waals surface area contributed by atoms with Crippen molar-refractivity contribution in [1.82, 2.24) is 0 Å². The average molecular weight is 207 g/mol. The monoisotopic (exact) mass is 207 g/mol. The lowest BCUT2D eigenvalue weighted by atomic mass is 10.0. The smallest absolute Gasteiger partial charge is 0.327 e. The van der Waals surface area contributed by atoms with Crippen LogP contribution in [0.1, 0.15) is 16.7 Å². The van der Waals surface area contributed by atoms with Crippen molar-refractivity contribution in [3.05, 3.63) is 41.5 Å². The van der Waals surface area contributed by atoms with Gasteiger partial charge in [-0.15, -0.1) is 0 Å². The number of carboxylic acids is 1. The molecule has 0 heterocycles. The first kappa shape index (κ1) is 13.2. The Hall–Kier alpha value is -1.77. The van der Waals surface area contributed by atoms with E-state index >= 15 is 0 Å². The van der Waals surface area contributed by atoms with Gasteiger partial charge in [-0.2, -0.15) is 0 Å². The van der Waals surface area contributed by atoms with Crippen LogP contribution >= 0.6 is 0 Å². The largest absolute Gasteiger partial charge is 0.478 e. The van der Waals surface area contributed by atoms with Crippen molar-refractivity contribution >= 4 is 11.7 Å². The Morgan fingerprint density at radius 2 is 1.80 bits per heavy atom. The molecule has 0 atom stereocenters. The molecule has 3 nitrogen and oxygen atoms in total. The molecular formula is C12H17NO2. The zero-order valence-corrected chi connectivity index (χ0v) is 9.37. The standard InChI is InChI=1S/C9H13N.C3H4O2/c1-6-4-5-9(10)8(3)7(6)2;1-2-3(4)5/h4-5H,10H2,1-3H3;2H,1H2,(H,4,5). The summed E-state index contributed by atoms with van der Waals surface area (Å²) < 4.78 is 0. The van der Waals surface area contributed by atoms with Gasteiger partial charge in [-0.05, 0) is 43.5 Å². The summed E-state index contributed by atoms with van der Waals surface area (Å²) in [4.78, 5) is 9.25. The summed E-state index contributed by atoms with van der Waals surface area (Å²) in [6.07, 6.45) is 0.833. The fourth-order valence-electron chi connectivity index (χ4n) is 0.977. The molecule has 0 bridgehead atoms. The summed E-state index contributed by atoms with van der Waals surface area (Å²) in [7, 11) is 0. The Morgan fingerprint density at radius 1 is 1.33 bits per heavy atom. The zero-order valence-electron chi connectivity index (χ0n) is 9.37. The van der Waals surface area contributed by atoms with Crippen LogP contribution in [0.3, 0.4) is 0 Å². The predicted octanol–water partition coefficient (Wildman–Crippen LogP) is 2.45. The van der Waals surface area contributed by atoms with E-state index in [-0.39, 0.29) is 0 Å². The number of rotatable bonds is 1. The second kappa shape index (κ2) is 5.86. The molecule has 3 N–H and O–H groups in total. The maximum atomic E-state index is 9.25. The van der Waals surface area contributed by atoms with E-state index in [2.05, 4.69) is 33.4 Å². The number of aryl methyl sites for hydroxylation is 1. The van der Waals surface area contributed by atoms with E-state index in [1.54, 1.807) is 0 Å². The Balaban J connectivity index is 0.000000336. The molecule has 1 aromatic carbocycles. The summed E-state index contributed by atoms with van der Waals surface area (Å²) in [5.74, 6) is -0.981. The third kappa shape index (κ3) is 4.31. The molecule has 0 spiro atoms. The molecule has 0 fully saturated rings. The third-order valence-corrected chi connectivity index (χ3v) is 2.27. The number of carbonyl (C=O) groups is 1. The van der Waals surface area contributed by atoms with Crippen molar-refractivity contribution in [3.63, 3.8) is 0 Å². The molecule has 15 heavy (non-hydrogen) atoms. The number of nitrogens with two attached hydrogens (primary N) is 1. The van der Waals surface area contributed by atoms with Crippen molar-refractivity contribution in [2.24, 2.45) is 0 Å². The Labute approximate surface area is 90.2 Å². The lowest BCUT2D eigenvalue weighted by Crippen LogP contribution is -1.93. The Morgan fingerprint density at radius 3 is 2.13 bits per heavy atom. The number of hydrogen-bond donors (Lipinski definition) is 2.